The van der Waals surface area contributed by atoms with Crippen LogP contribution in [0.1, 0.15) is 80.8 Å². The van der Waals surface area contributed by atoms with Crippen LogP contribution in [0.15, 0.2) is 42.5 Å². The van der Waals surface area contributed by atoms with Gasteiger partial charge >= 0.3 is 5.97 Å². The number of aliphatic hydroxyl groups is 5. The predicted molar refractivity (Wildman–Crippen MR) is 167 cm³/mol. The normalized spacial score (nSPS) is 22.2. The molecule has 5 rings (SSSR count). The zero-order valence-corrected chi connectivity index (χ0v) is 25.8. The predicted octanol–water partition coefficient (Wildman–Crippen LogP) is 2.28. The highest BCUT2D eigenvalue weighted by Gasteiger charge is 2.44. The van der Waals surface area contributed by atoms with Crippen molar-refractivity contribution in [2.45, 2.75) is 70.4 Å². The van der Waals surface area contributed by atoms with Gasteiger partial charge in [-0.05, 0) is 55.5 Å². The molecule has 1 aliphatic heterocycles. The molecule has 5 atom stereocenters. The first-order valence-corrected chi connectivity index (χ1v) is 15.2. The molecule has 0 amide bonds. The lowest BCUT2D eigenvalue weighted by Crippen LogP contribution is -2.58. The number of esters is 1. The summed E-state index contributed by atoms with van der Waals surface area (Å²) in [6.45, 7) is 1.79. The Kier molecular flexibility index (Phi) is 10.2. The number of ketones is 2. The minimum Gasteiger partial charge on any atom is -0.507 e. The monoisotopic (exact) mass is 648 g/mol. The summed E-state index contributed by atoms with van der Waals surface area (Å²) in [5.74, 6) is -3.00. The average molecular weight is 649 g/mol. The van der Waals surface area contributed by atoms with E-state index in [9.17, 15) is 45.0 Å². The average Bonchev–Trinajstić information content (AvgIpc) is 3.05. The van der Waals surface area contributed by atoms with Crippen molar-refractivity contribution < 1.29 is 59.2 Å². The molecule has 1 heterocycles. The maximum atomic E-state index is 14.4. The van der Waals surface area contributed by atoms with Crippen LogP contribution in [0.2, 0.25) is 0 Å². The van der Waals surface area contributed by atoms with Gasteiger partial charge in [-0.1, -0.05) is 36.4 Å². The molecule has 1 aliphatic carbocycles. The van der Waals surface area contributed by atoms with E-state index < -0.39 is 60.6 Å². The van der Waals surface area contributed by atoms with Gasteiger partial charge in [-0.15, -0.1) is 0 Å². The van der Waals surface area contributed by atoms with Gasteiger partial charge in [0.2, 0.25) is 6.29 Å². The van der Waals surface area contributed by atoms with E-state index in [0.29, 0.717) is 12.8 Å². The lowest BCUT2D eigenvalue weighted by Gasteiger charge is -2.39. The van der Waals surface area contributed by atoms with Crippen LogP contribution in [-0.4, -0.2) is 85.5 Å². The number of benzene rings is 3. The molecule has 12 heteroatoms. The molecule has 0 spiro atoms. The standard InChI is InChI=1S/C35H36O12/c1-17-29(39)33(43)34(44)35(45-17)47-25-15-23-28(30(40)22(25)10-6-7-13-36)32(42)26-20(16-37)14-24(46-18(2)38)21(27(26)31(23)41)12-11-19-8-4-3-5-9-19/h3-5,8-9,11-12,14-15,17,29,33-37,39-40,43-44H,6-7,10,13,16H2,1-2H3/b12-11-/t17-,29+,33+,34+,35+/m0/s1. The van der Waals surface area contributed by atoms with Crippen molar-refractivity contribution in [1.29, 1.82) is 0 Å². The zero-order chi connectivity index (χ0) is 34.0. The number of aliphatic hydroxyl groups excluding tert-OH is 5. The zero-order valence-electron chi connectivity index (χ0n) is 25.8. The Morgan fingerprint density at radius 2 is 1.62 bits per heavy atom. The first-order valence-electron chi connectivity index (χ1n) is 15.2. The summed E-state index contributed by atoms with van der Waals surface area (Å²) in [6, 6.07) is 11.6. The molecule has 0 radical (unpaired) electrons. The third-order valence-electron chi connectivity index (χ3n) is 8.25. The van der Waals surface area contributed by atoms with Crippen LogP contribution in [-0.2, 0) is 22.6 Å². The van der Waals surface area contributed by atoms with E-state index in [1.165, 1.54) is 32.1 Å². The topological polar surface area (TPSA) is 200 Å². The second-order valence-electron chi connectivity index (χ2n) is 11.5. The smallest absolute Gasteiger partial charge is 0.308 e. The van der Waals surface area contributed by atoms with Gasteiger partial charge in [0.1, 0.15) is 35.6 Å². The number of phenolic OH excluding ortho intramolecular Hbond substituents is 1. The van der Waals surface area contributed by atoms with Crippen molar-refractivity contribution in [2.75, 3.05) is 6.61 Å². The summed E-state index contributed by atoms with van der Waals surface area (Å²) >= 11 is 0. The highest BCUT2D eigenvalue weighted by molar-refractivity contribution is 6.31. The van der Waals surface area contributed by atoms with Crippen molar-refractivity contribution in [1.82, 2.24) is 0 Å². The molecule has 0 saturated carbocycles. The Labute approximate surface area is 270 Å². The number of phenols is 1. The summed E-state index contributed by atoms with van der Waals surface area (Å²) in [6.07, 6.45) is -3.29. The number of ether oxygens (including phenoxy) is 3. The van der Waals surface area contributed by atoms with Crippen molar-refractivity contribution in [3.05, 3.63) is 87.0 Å². The first-order chi connectivity index (χ1) is 22.5. The van der Waals surface area contributed by atoms with Gasteiger partial charge < -0.3 is 44.8 Å². The van der Waals surface area contributed by atoms with Crippen LogP contribution >= 0.6 is 0 Å². The van der Waals surface area contributed by atoms with Gasteiger partial charge in [0.15, 0.2) is 11.6 Å². The summed E-state index contributed by atoms with van der Waals surface area (Å²) in [5, 5.41) is 62.3. The number of carbonyl (C=O) groups excluding carboxylic acids is 3. The summed E-state index contributed by atoms with van der Waals surface area (Å²) in [5.41, 5.74) is -0.0337. The molecular weight excluding hydrogens is 612 g/mol. The van der Waals surface area contributed by atoms with E-state index >= 15 is 0 Å². The van der Waals surface area contributed by atoms with E-state index in [4.69, 9.17) is 14.2 Å². The van der Waals surface area contributed by atoms with E-state index in [0.717, 1.165) is 5.56 Å². The third-order valence-corrected chi connectivity index (χ3v) is 8.25. The number of aromatic hydroxyl groups is 1. The van der Waals surface area contributed by atoms with E-state index in [1.54, 1.807) is 30.3 Å². The number of hydrogen-bond acceptors (Lipinski definition) is 12. The number of fused-ring (bicyclic) bond motifs is 2. The fourth-order valence-corrected chi connectivity index (χ4v) is 5.85. The molecule has 0 unspecified atom stereocenters. The summed E-state index contributed by atoms with van der Waals surface area (Å²) < 4.78 is 17.0. The number of carbonyl (C=O) groups is 3. The van der Waals surface area contributed by atoms with E-state index in [-0.39, 0.29) is 63.5 Å². The van der Waals surface area contributed by atoms with Crippen LogP contribution < -0.4 is 9.47 Å². The SMILES string of the molecule is CC(=O)Oc1cc(CO)c2c(c1/C=C\c1ccccc1)C(=O)c1cc(O[C@H]3O[C@@H](C)[C@@H](O)[C@@H](O)[C@H]3O)c(CCCCO)c(O)c1C2=O. The number of rotatable bonds is 10. The Morgan fingerprint density at radius 3 is 2.28 bits per heavy atom. The van der Waals surface area contributed by atoms with Crippen molar-refractivity contribution in [2.24, 2.45) is 0 Å². The number of hydrogen-bond donors (Lipinski definition) is 6. The molecule has 0 aromatic heterocycles. The van der Waals surface area contributed by atoms with E-state index in [2.05, 4.69) is 0 Å². The maximum Gasteiger partial charge on any atom is 0.308 e. The summed E-state index contributed by atoms with van der Waals surface area (Å²) in [7, 11) is 0. The van der Waals surface area contributed by atoms with Gasteiger partial charge in [0, 0.05) is 41.3 Å². The van der Waals surface area contributed by atoms with Crippen LogP contribution in [0.5, 0.6) is 17.2 Å². The lowest BCUT2D eigenvalue weighted by atomic mass is 9.77. The molecule has 3 aromatic rings. The second-order valence-corrected chi connectivity index (χ2v) is 11.5. The largest absolute Gasteiger partial charge is 0.507 e. The van der Waals surface area contributed by atoms with Gasteiger partial charge in [-0.2, -0.15) is 0 Å². The second kappa shape index (κ2) is 14.1. The van der Waals surface area contributed by atoms with Crippen molar-refractivity contribution in [3.63, 3.8) is 0 Å². The molecule has 1 fully saturated rings. The van der Waals surface area contributed by atoms with Crippen LogP contribution in [0.4, 0.5) is 0 Å². The Bertz CT molecular complexity index is 1710. The minimum atomic E-state index is -1.71. The first kappa shape index (κ1) is 33.9. The molecule has 0 bridgehead atoms. The van der Waals surface area contributed by atoms with Gasteiger partial charge in [0.05, 0.1) is 18.3 Å². The van der Waals surface area contributed by atoms with Crippen molar-refractivity contribution in [3.8, 4) is 17.2 Å². The highest BCUT2D eigenvalue weighted by Crippen LogP contribution is 2.45. The Balaban J connectivity index is 1.70. The molecular formula is C35H36O12. The molecule has 1 saturated heterocycles. The fraction of sp³-hybridized carbons (Fsp3) is 0.343. The maximum absolute atomic E-state index is 14.4. The number of unbranched alkanes of at least 4 members (excludes halogenated alkanes) is 1. The molecule has 12 nitrogen and oxygen atoms in total. The van der Waals surface area contributed by atoms with Gasteiger partial charge in [0.25, 0.3) is 0 Å². The van der Waals surface area contributed by atoms with Gasteiger partial charge in [-0.3, -0.25) is 14.4 Å². The third kappa shape index (κ3) is 6.57. The van der Waals surface area contributed by atoms with Crippen molar-refractivity contribution >= 4 is 29.7 Å². The Hall–Kier alpha value is -4.43. The highest BCUT2D eigenvalue weighted by atomic mass is 16.7. The minimum absolute atomic E-state index is 0.000992. The van der Waals surface area contributed by atoms with Crippen LogP contribution in [0.3, 0.4) is 0 Å². The molecule has 6 N–H and O–H groups in total. The van der Waals surface area contributed by atoms with Gasteiger partial charge in [-0.25, -0.2) is 0 Å². The Morgan fingerprint density at radius 1 is 0.894 bits per heavy atom. The van der Waals surface area contributed by atoms with Crippen LogP contribution in [0.25, 0.3) is 12.2 Å². The molecule has 248 valence electrons. The fourth-order valence-electron chi connectivity index (χ4n) is 5.85. The quantitative estimate of drug-likeness (QED) is 0.0635. The van der Waals surface area contributed by atoms with E-state index in [1.807, 2.05) is 6.07 Å². The lowest BCUT2D eigenvalue weighted by molar-refractivity contribution is -0.268. The molecule has 3 aromatic carbocycles. The molecule has 47 heavy (non-hydrogen) atoms. The van der Waals surface area contributed by atoms with Crippen LogP contribution in [0, 0.1) is 0 Å². The molecule has 2 aliphatic rings. The summed E-state index contributed by atoms with van der Waals surface area (Å²) in [4.78, 5) is 40.7.